The highest BCUT2D eigenvalue weighted by molar-refractivity contribution is 9.09. The van der Waals surface area contributed by atoms with Crippen molar-refractivity contribution in [1.29, 1.82) is 0 Å². The van der Waals surface area contributed by atoms with Gasteiger partial charge in [0.05, 0.1) is 6.33 Å². The quantitative estimate of drug-likeness (QED) is 0.823. The lowest BCUT2D eigenvalue weighted by atomic mass is 10.5. The lowest BCUT2D eigenvalue weighted by Gasteiger charge is -2.04. The van der Waals surface area contributed by atoms with Gasteiger partial charge >= 0.3 is 0 Å². The fourth-order valence-corrected chi connectivity index (χ4v) is 2.40. The molecule has 7 heteroatoms. The molecule has 0 aliphatic heterocycles. The molecule has 0 amide bonds. The third-order valence-electron chi connectivity index (χ3n) is 1.80. The zero-order chi connectivity index (χ0) is 11.5. The molecule has 1 aromatic rings. The Hall–Kier alpha value is -0.400. The van der Waals surface area contributed by atoms with Gasteiger partial charge < -0.3 is 4.57 Å². The second kappa shape index (κ2) is 5.09. The number of alkyl halides is 1. The average Bonchev–Trinajstić information content (AvgIpc) is 2.63. The van der Waals surface area contributed by atoms with Crippen molar-refractivity contribution in [2.24, 2.45) is 0 Å². The number of rotatable bonds is 5. The molecule has 0 bridgehead atoms. The first kappa shape index (κ1) is 12.7. The minimum atomic E-state index is -3.46. The Morgan fingerprint density at radius 1 is 1.67 bits per heavy atom. The van der Waals surface area contributed by atoms with Crippen molar-refractivity contribution in [1.82, 2.24) is 14.3 Å². The van der Waals surface area contributed by atoms with Gasteiger partial charge in [-0.05, 0) is 6.92 Å². The van der Waals surface area contributed by atoms with Crippen molar-refractivity contribution in [2.45, 2.75) is 30.2 Å². The molecule has 15 heavy (non-hydrogen) atoms. The Balaban J connectivity index is 2.77. The van der Waals surface area contributed by atoms with E-state index < -0.39 is 10.0 Å². The predicted molar refractivity (Wildman–Crippen MR) is 61.5 cm³/mol. The zero-order valence-electron chi connectivity index (χ0n) is 8.64. The Bertz CT molecular complexity index is 413. The van der Waals surface area contributed by atoms with Crippen LogP contribution < -0.4 is 4.72 Å². The second-order valence-electron chi connectivity index (χ2n) is 3.18. The van der Waals surface area contributed by atoms with E-state index in [1.165, 1.54) is 12.5 Å². The lowest BCUT2D eigenvalue weighted by molar-refractivity contribution is 0.578. The fourth-order valence-electron chi connectivity index (χ4n) is 0.950. The molecular weight excluding hydrogens is 282 g/mol. The monoisotopic (exact) mass is 295 g/mol. The molecule has 0 spiro atoms. The van der Waals surface area contributed by atoms with E-state index in [0.717, 1.165) is 0 Å². The summed E-state index contributed by atoms with van der Waals surface area (Å²) in [6.07, 6.45) is 3.02. The number of aryl methyl sites for hydroxylation is 1. The summed E-state index contributed by atoms with van der Waals surface area (Å²) in [5.74, 6) is 0. The molecule has 1 N–H and O–H groups in total. The molecular formula is C8H14BrN3O2S. The van der Waals surface area contributed by atoms with Crippen LogP contribution >= 0.6 is 15.9 Å². The minimum absolute atomic E-state index is 0.0671. The van der Waals surface area contributed by atoms with Crippen molar-refractivity contribution in [2.75, 3.05) is 6.54 Å². The number of hydrogen-bond acceptors (Lipinski definition) is 3. The lowest BCUT2D eigenvalue weighted by Crippen LogP contribution is -2.28. The van der Waals surface area contributed by atoms with Crippen LogP contribution in [0, 0.1) is 0 Å². The van der Waals surface area contributed by atoms with Crippen molar-refractivity contribution >= 4 is 26.0 Å². The molecule has 1 unspecified atom stereocenters. The van der Waals surface area contributed by atoms with E-state index in [4.69, 9.17) is 0 Å². The Morgan fingerprint density at radius 3 is 2.80 bits per heavy atom. The van der Waals surface area contributed by atoms with Crippen LogP contribution in [0.15, 0.2) is 17.6 Å². The van der Waals surface area contributed by atoms with Crippen molar-refractivity contribution in [3.63, 3.8) is 0 Å². The Kier molecular flexibility index (Phi) is 4.30. The van der Waals surface area contributed by atoms with Gasteiger partial charge in [-0.2, -0.15) is 0 Å². The highest BCUT2D eigenvalue weighted by atomic mass is 79.9. The van der Waals surface area contributed by atoms with Crippen LogP contribution in [-0.2, 0) is 16.6 Å². The van der Waals surface area contributed by atoms with E-state index in [-0.39, 0.29) is 9.85 Å². The van der Waals surface area contributed by atoms with Crippen molar-refractivity contribution in [3.8, 4) is 0 Å². The molecule has 5 nitrogen and oxygen atoms in total. The van der Waals surface area contributed by atoms with Crippen LogP contribution in [0.4, 0.5) is 0 Å². The summed E-state index contributed by atoms with van der Waals surface area (Å²) in [7, 11) is -3.46. The number of imidazole rings is 1. The first-order valence-electron chi connectivity index (χ1n) is 4.61. The molecule has 0 aliphatic carbocycles. The molecule has 86 valence electrons. The first-order chi connectivity index (χ1) is 6.95. The fraction of sp³-hybridized carbons (Fsp3) is 0.625. The largest absolute Gasteiger partial charge is 0.336 e. The smallest absolute Gasteiger partial charge is 0.259 e. The van der Waals surface area contributed by atoms with Crippen LogP contribution in [0.1, 0.15) is 13.8 Å². The molecule has 0 radical (unpaired) electrons. The number of sulfonamides is 1. The normalized spacial score (nSPS) is 14.1. The van der Waals surface area contributed by atoms with Crippen molar-refractivity contribution in [3.05, 3.63) is 12.5 Å². The van der Waals surface area contributed by atoms with E-state index in [1.807, 2.05) is 13.8 Å². The number of nitrogens with zero attached hydrogens (tertiary/aromatic N) is 2. The van der Waals surface area contributed by atoms with Gasteiger partial charge in [0, 0.05) is 24.1 Å². The Morgan fingerprint density at radius 2 is 2.33 bits per heavy atom. The van der Waals surface area contributed by atoms with E-state index in [0.29, 0.717) is 13.1 Å². The van der Waals surface area contributed by atoms with Gasteiger partial charge in [0.25, 0.3) is 10.0 Å². The van der Waals surface area contributed by atoms with Gasteiger partial charge in [-0.25, -0.2) is 18.1 Å². The predicted octanol–water partition coefficient (Wildman–Crippen LogP) is 0.965. The second-order valence-corrected chi connectivity index (χ2v) is 6.45. The van der Waals surface area contributed by atoms with E-state index >= 15 is 0 Å². The van der Waals surface area contributed by atoms with Gasteiger partial charge in [0.15, 0.2) is 5.03 Å². The SMILES string of the molecule is CCn1cnc(S(=O)(=O)NCC(C)Br)c1. The Labute approximate surface area is 98.1 Å². The van der Waals surface area contributed by atoms with Crippen LogP contribution in [0.25, 0.3) is 0 Å². The third kappa shape index (κ3) is 3.58. The maximum Gasteiger partial charge on any atom is 0.259 e. The van der Waals surface area contributed by atoms with E-state index in [2.05, 4.69) is 25.6 Å². The highest BCUT2D eigenvalue weighted by Crippen LogP contribution is 2.05. The van der Waals surface area contributed by atoms with Gasteiger partial charge in [-0.3, -0.25) is 0 Å². The van der Waals surface area contributed by atoms with Crippen LogP contribution in [-0.4, -0.2) is 29.3 Å². The highest BCUT2D eigenvalue weighted by Gasteiger charge is 2.17. The summed E-state index contributed by atoms with van der Waals surface area (Å²) < 4.78 is 27.5. The summed E-state index contributed by atoms with van der Waals surface area (Å²) in [6.45, 7) is 4.85. The summed E-state index contributed by atoms with van der Waals surface area (Å²) in [6, 6.07) is 0. The van der Waals surface area contributed by atoms with Gasteiger partial charge in [-0.15, -0.1) is 0 Å². The van der Waals surface area contributed by atoms with Gasteiger partial charge in [0.1, 0.15) is 0 Å². The van der Waals surface area contributed by atoms with Crippen LogP contribution in [0.5, 0.6) is 0 Å². The number of hydrogen-bond donors (Lipinski definition) is 1. The molecule has 1 rings (SSSR count). The third-order valence-corrected chi connectivity index (χ3v) is 3.44. The summed E-state index contributed by atoms with van der Waals surface area (Å²) in [5, 5.41) is 0.0671. The van der Waals surface area contributed by atoms with Crippen LogP contribution in [0.3, 0.4) is 0 Å². The number of nitrogens with one attached hydrogen (secondary N) is 1. The molecule has 0 saturated heterocycles. The molecule has 1 heterocycles. The zero-order valence-corrected chi connectivity index (χ0v) is 11.0. The summed E-state index contributed by atoms with van der Waals surface area (Å²) in [5.41, 5.74) is 0. The topological polar surface area (TPSA) is 64.0 Å². The van der Waals surface area contributed by atoms with Gasteiger partial charge in [-0.1, -0.05) is 22.9 Å². The van der Waals surface area contributed by atoms with E-state index in [9.17, 15) is 8.42 Å². The van der Waals surface area contributed by atoms with E-state index in [1.54, 1.807) is 4.57 Å². The minimum Gasteiger partial charge on any atom is -0.336 e. The van der Waals surface area contributed by atoms with Crippen molar-refractivity contribution < 1.29 is 8.42 Å². The molecule has 0 aromatic carbocycles. The maximum absolute atomic E-state index is 11.7. The standard InChI is InChI=1S/C8H14BrN3O2S/c1-3-12-5-8(10-6-12)15(13,14)11-4-7(2)9/h5-7,11H,3-4H2,1-2H3. The van der Waals surface area contributed by atoms with Gasteiger partial charge in [0.2, 0.25) is 0 Å². The maximum atomic E-state index is 11.7. The van der Waals surface area contributed by atoms with Crippen LogP contribution in [0.2, 0.25) is 0 Å². The number of halogens is 1. The molecule has 1 aromatic heterocycles. The summed E-state index contributed by atoms with van der Waals surface area (Å²) in [4.78, 5) is 3.93. The first-order valence-corrected chi connectivity index (χ1v) is 7.01. The molecule has 1 atom stereocenters. The molecule has 0 aliphatic rings. The molecule has 0 saturated carbocycles. The molecule has 0 fully saturated rings. The number of aromatic nitrogens is 2. The summed E-state index contributed by atoms with van der Waals surface area (Å²) >= 11 is 3.27. The average molecular weight is 296 g/mol.